The van der Waals surface area contributed by atoms with Gasteiger partial charge in [0.25, 0.3) is 11.8 Å². The summed E-state index contributed by atoms with van der Waals surface area (Å²) in [7, 11) is 0. The predicted octanol–water partition coefficient (Wildman–Crippen LogP) is 2.56. The summed E-state index contributed by atoms with van der Waals surface area (Å²) in [5.74, 6) is 0.935. The summed E-state index contributed by atoms with van der Waals surface area (Å²) in [6.45, 7) is 0.119. The number of fused-ring (bicyclic) bond motifs is 2. The molecule has 0 atom stereocenters. The van der Waals surface area contributed by atoms with Gasteiger partial charge < -0.3 is 20.1 Å². The van der Waals surface area contributed by atoms with E-state index < -0.39 is 0 Å². The number of nitrogens with zero attached hydrogens (tertiary/aromatic N) is 1. The third kappa shape index (κ3) is 4.00. The first-order chi connectivity index (χ1) is 12.0. The minimum atomic E-state index is -0.192. The Hall–Kier alpha value is -3.24. The van der Waals surface area contributed by atoms with Crippen molar-refractivity contribution in [1.82, 2.24) is 0 Å². The van der Waals surface area contributed by atoms with Gasteiger partial charge in [-0.15, -0.1) is 0 Å². The number of ether oxygens (including phenoxy) is 2. The SMILES string of the molecule is N#Cc1ccc2c(c1)NC(=O)CO2.O=C1COc2ccc(Cl)cc2N1. The summed E-state index contributed by atoms with van der Waals surface area (Å²) in [5, 5.41) is 14.5. The zero-order chi connectivity index (χ0) is 17.8. The highest BCUT2D eigenvalue weighted by Crippen LogP contribution is 2.30. The molecule has 2 aromatic rings. The fourth-order valence-electron chi connectivity index (χ4n) is 2.21. The highest BCUT2D eigenvalue weighted by molar-refractivity contribution is 6.31. The maximum Gasteiger partial charge on any atom is 0.262 e. The summed E-state index contributed by atoms with van der Waals surface area (Å²) in [6.07, 6.45) is 0. The first-order valence-corrected chi connectivity index (χ1v) is 7.62. The number of anilines is 2. The normalized spacial score (nSPS) is 14.1. The molecule has 2 aromatic carbocycles. The largest absolute Gasteiger partial charge is 0.482 e. The van der Waals surface area contributed by atoms with Crippen molar-refractivity contribution in [1.29, 1.82) is 5.26 Å². The molecule has 0 radical (unpaired) electrons. The molecule has 2 heterocycles. The van der Waals surface area contributed by atoms with E-state index in [4.69, 9.17) is 26.3 Å². The minimum Gasteiger partial charge on any atom is -0.482 e. The quantitative estimate of drug-likeness (QED) is 0.754. The second-order valence-corrected chi connectivity index (χ2v) is 5.57. The third-order valence-corrected chi connectivity index (χ3v) is 3.55. The molecular weight excluding hydrogens is 346 g/mol. The van der Waals surface area contributed by atoms with Crippen LogP contribution in [-0.4, -0.2) is 25.0 Å². The van der Waals surface area contributed by atoms with Crippen LogP contribution in [0.15, 0.2) is 36.4 Å². The van der Waals surface area contributed by atoms with Gasteiger partial charge in [-0.25, -0.2) is 0 Å². The number of hydrogen-bond donors (Lipinski definition) is 2. The molecule has 0 spiro atoms. The summed E-state index contributed by atoms with van der Waals surface area (Å²) >= 11 is 5.72. The van der Waals surface area contributed by atoms with Crippen molar-refractivity contribution in [3.05, 3.63) is 47.0 Å². The van der Waals surface area contributed by atoms with Crippen molar-refractivity contribution in [2.75, 3.05) is 23.8 Å². The van der Waals surface area contributed by atoms with Gasteiger partial charge in [-0.3, -0.25) is 9.59 Å². The van der Waals surface area contributed by atoms with Crippen LogP contribution in [0.2, 0.25) is 5.02 Å². The van der Waals surface area contributed by atoms with Crippen LogP contribution in [0.4, 0.5) is 11.4 Å². The lowest BCUT2D eigenvalue weighted by Gasteiger charge is -2.17. The Morgan fingerprint density at radius 3 is 2.08 bits per heavy atom. The highest BCUT2D eigenvalue weighted by Gasteiger charge is 2.16. The number of hydrogen-bond acceptors (Lipinski definition) is 5. The number of nitriles is 1. The number of nitrogens with one attached hydrogen (secondary N) is 2. The molecule has 0 unspecified atom stereocenters. The van der Waals surface area contributed by atoms with E-state index in [0.29, 0.717) is 33.5 Å². The van der Waals surface area contributed by atoms with Crippen molar-refractivity contribution in [3.8, 4) is 17.6 Å². The molecule has 0 aromatic heterocycles. The Bertz CT molecular complexity index is 892. The predicted molar refractivity (Wildman–Crippen MR) is 90.9 cm³/mol. The molecule has 4 rings (SSSR count). The second-order valence-electron chi connectivity index (χ2n) is 5.14. The zero-order valence-corrected chi connectivity index (χ0v) is 13.6. The lowest BCUT2D eigenvalue weighted by Crippen LogP contribution is -2.25. The van der Waals surface area contributed by atoms with Gasteiger partial charge in [0.15, 0.2) is 13.2 Å². The van der Waals surface area contributed by atoms with Crippen LogP contribution in [0.5, 0.6) is 11.5 Å². The summed E-state index contributed by atoms with van der Waals surface area (Å²) < 4.78 is 10.2. The monoisotopic (exact) mass is 357 g/mol. The molecule has 2 aliphatic rings. The van der Waals surface area contributed by atoms with Crippen LogP contribution in [0.1, 0.15) is 5.56 Å². The van der Waals surface area contributed by atoms with Gasteiger partial charge in [0.2, 0.25) is 0 Å². The molecule has 2 N–H and O–H groups in total. The number of amides is 2. The van der Waals surface area contributed by atoms with Gasteiger partial charge >= 0.3 is 0 Å². The zero-order valence-electron chi connectivity index (χ0n) is 12.8. The highest BCUT2D eigenvalue weighted by atomic mass is 35.5. The van der Waals surface area contributed by atoms with Crippen LogP contribution in [0.25, 0.3) is 0 Å². The van der Waals surface area contributed by atoms with Gasteiger partial charge in [0.05, 0.1) is 23.0 Å². The first-order valence-electron chi connectivity index (χ1n) is 7.24. The molecule has 2 aliphatic heterocycles. The van der Waals surface area contributed by atoms with Crippen molar-refractivity contribution in [2.45, 2.75) is 0 Å². The van der Waals surface area contributed by atoms with Crippen molar-refractivity contribution < 1.29 is 19.1 Å². The topological polar surface area (TPSA) is 100 Å². The Labute approximate surface area is 148 Å². The van der Waals surface area contributed by atoms with Gasteiger partial charge in [0.1, 0.15) is 11.5 Å². The Kier molecular flexibility index (Phi) is 4.73. The maximum atomic E-state index is 10.9. The number of halogens is 1. The number of carbonyl (C=O) groups excluding carboxylic acids is 2. The van der Waals surface area contributed by atoms with E-state index in [2.05, 4.69) is 10.6 Å². The maximum absolute atomic E-state index is 10.9. The van der Waals surface area contributed by atoms with E-state index in [9.17, 15) is 9.59 Å². The van der Waals surface area contributed by atoms with E-state index in [-0.39, 0.29) is 25.0 Å². The van der Waals surface area contributed by atoms with Crippen molar-refractivity contribution in [2.24, 2.45) is 0 Å². The third-order valence-electron chi connectivity index (χ3n) is 3.32. The first kappa shape index (κ1) is 16.6. The average molecular weight is 358 g/mol. The molecule has 126 valence electrons. The molecule has 2 amide bonds. The van der Waals surface area contributed by atoms with Gasteiger partial charge in [-0.2, -0.15) is 5.26 Å². The van der Waals surface area contributed by atoms with Gasteiger partial charge in [-0.05, 0) is 36.4 Å². The fraction of sp³-hybridized carbons (Fsp3) is 0.118. The minimum absolute atomic E-state index is 0.0406. The Morgan fingerprint density at radius 1 is 0.920 bits per heavy atom. The van der Waals surface area contributed by atoms with Crippen molar-refractivity contribution >= 4 is 34.8 Å². The molecule has 0 fully saturated rings. The van der Waals surface area contributed by atoms with E-state index in [1.807, 2.05) is 6.07 Å². The van der Waals surface area contributed by atoms with E-state index in [1.54, 1.807) is 36.4 Å². The molecule has 25 heavy (non-hydrogen) atoms. The van der Waals surface area contributed by atoms with Crippen LogP contribution in [-0.2, 0) is 9.59 Å². The molecule has 0 bridgehead atoms. The lowest BCUT2D eigenvalue weighted by molar-refractivity contribution is -0.119. The molecule has 0 saturated heterocycles. The molecule has 7 nitrogen and oxygen atoms in total. The summed E-state index contributed by atoms with van der Waals surface area (Å²) in [6, 6.07) is 12.0. The molecular formula is C17H12ClN3O4. The summed E-state index contributed by atoms with van der Waals surface area (Å²) in [4.78, 5) is 21.8. The van der Waals surface area contributed by atoms with Crippen LogP contribution >= 0.6 is 11.6 Å². The Morgan fingerprint density at radius 2 is 1.48 bits per heavy atom. The van der Waals surface area contributed by atoms with Crippen LogP contribution in [0.3, 0.4) is 0 Å². The average Bonchev–Trinajstić information content (AvgIpc) is 2.61. The molecule has 0 aliphatic carbocycles. The molecule has 0 saturated carbocycles. The number of carbonyl (C=O) groups is 2. The smallest absolute Gasteiger partial charge is 0.262 e. The number of rotatable bonds is 0. The van der Waals surface area contributed by atoms with Crippen LogP contribution in [0, 0.1) is 11.3 Å². The van der Waals surface area contributed by atoms with Crippen molar-refractivity contribution in [3.63, 3.8) is 0 Å². The number of benzene rings is 2. The standard InChI is InChI=1S/C9H6N2O2.C8H6ClNO2/c10-4-6-1-2-8-7(3-6)11-9(12)5-13-8;9-5-1-2-7-6(3-5)10-8(11)4-12-7/h1-3H,5H2,(H,11,12);1-3H,4H2,(H,10,11). The molecule has 8 heteroatoms. The Balaban J connectivity index is 0.000000146. The second kappa shape index (κ2) is 7.11. The van der Waals surface area contributed by atoms with E-state index >= 15 is 0 Å². The van der Waals surface area contributed by atoms with E-state index in [1.165, 1.54) is 0 Å². The van der Waals surface area contributed by atoms with Gasteiger partial charge in [0, 0.05) is 5.02 Å². The summed E-state index contributed by atoms with van der Waals surface area (Å²) in [5.41, 5.74) is 1.71. The fourth-order valence-corrected chi connectivity index (χ4v) is 2.38. The van der Waals surface area contributed by atoms with Gasteiger partial charge in [-0.1, -0.05) is 11.6 Å². The van der Waals surface area contributed by atoms with Crippen LogP contribution < -0.4 is 20.1 Å². The van der Waals surface area contributed by atoms with E-state index in [0.717, 1.165) is 0 Å². The lowest BCUT2D eigenvalue weighted by atomic mass is 10.2.